The van der Waals surface area contributed by atoms with Crippen LogP contribution in [0.15, 0.2) is 0 Å². The van der Waals surface area contributed by atoms with Crippen molar-refractivity contribution < 1.29 is 76.6 Å². The summed E-state index contributed by atoms with van der Waals surface area (Å²) < 4.78 is 21.4. The van der Waals surface area contributed by atoms with Crippen LogP contribution in [0, 0.1) is 0 Å². The predicted molar refractivity (Wildman–Crippen MR) is 179 cm³/mol. The van der Waals surface area contributed by atoms with E-state index in [4.69, 9.17) is 28.6 Å². The lowest BCUT2D eigenvalue weighted by atomic mass is 10.1. The molecular weight excluding hydrogens is 720 g/mol. The third-order valence-corrected chi connectivity index (χ3v) is 7.04. The molecule has 2 N–H and O–H groups in total. The first kappa shape index (κ1) is 45.2. The van der Waals surface area contributed by atoms with Gasteiger partial charge in [-0.25, -0.2) is 19.2 Å². The van der Waals surface area contributed by atoms with Gasteiger partial charge in [0.25, 0.3) is 23.6 Å². The summed E-state index contributed by atoms with van der Waals surface area (Å²) in [5, 5.41) is 5.75. The second-order valence-electron chi connectivity index (χ2n) is 14.2. The van der Waals surface area contributed by atoms with Gasteiger partial charge in [0, 0.05) is 38.5 Å². The summed E-state index contributed by atoms with van der Waals surface area (Å²) in [7, 11) is 0. The summed E-state index contributed by atoms with van der Waals surface area (Å²) in [6.45, 7) is 9.68. The van der Waals surface area contributed by atoms with E-state index in [0.717, 1.165) is 0 Å². The minimum Gasteiger partial charge on any atom is -0.458 e. The summed E-state index contributed by atoms with van der Waals surface area (Å²) in [5.41, 5.74) is -1.79. The van der Waals surface area contributed by atoms with Crippen molar-refractivity contribution in [2.75, 3.05) is 26.4 Å². The molecule has 0 radical (unpaired) electrons. The maximum absolute atomic E-state index is 12.7. The van der Waals surface area contributed by atoms with Crippen LogP contribution in [0.5, 0.6) is 0 Å². The Kier molecular flexibility index (Phi) is 17.6. The highest BCUT2D eigenvalue weighted by molar-refractivity contribution is 6.02. The predicted octanol–water partition coefficient (Wildman–Crippen LogP) is 0.228. The van der Waals surface area contributed by atoms with Gasteiger partial charge in [-0.05, 0) is 54.4 Å². The number of nitrogens with zero attached hydrogens (tertiary/aromatic N) is 2. The van der Waals surface area contributed by atoms with Crippen LogP contribution in [-0.2, 0) is 76.6 Å². The number of imide groups is 2. The molecule has 2 aliphatic rings. The molecule has 0 aromatic carbocycles. The number of hydroxylamine groups is 4. The first-order valence-corrected chi connectivity index (χ1v) is 17.5. The number of hydrogen-bond acceptors (Lipinski definition) is 16. The average molecular weight is 771 g/mol. The number of hydrogen-bond donors (Lipinski definition) is 2. The fourth-order valence-corrected chi connectivity index (χ4v) is 4.56. The number of amides is 6. The molecule has 2 heterocycles. The Morgan fingerprint density at radius 2 is 0.852 bits per heavy atom. The molecule has 0 aromatic heterocycles. The molecule has 302 valence electrons. The minimum atomic E-state index is -1.24. The van der Waals surface area contributed by atoms with Gasteiger partial charge < -0.3 is 39.3 Å². The van der Waals surface area contributed by atoms with Crippen LogP contribution in [0.25, 0.3) is 0 Å². The maximum atomic E-state index is 12.7. The normalized spacial score (nSPS) is 15.8. The van der Waals surface area contributed by atoms with Crippen molar-refractivity contribution in [3.63, 3.8) is 0 Å². The molecular formula is C34H50N4O16. The quantitative estimate of drug-likeness (QED) is 0.0899. The van der Waals surface area contributed by atoms with E-state index in [1.54, 1.807) is 41.5 Å². The van der Waals surface area contributed by atoms with Gasteiger partial charge in [0.15, 0.2) is 0 Å². The molecule has 0 aliphatic carbocycles. The smallest absolute Gasteiger partial charge is 0.333 e. The summed E-state index contributed by atoms with van der Waals surface area (Å²) in [6.07, 6.45) is -1.93. The molecule has 2 atom stereocenters. The van der Waals surface area contributed by atoms with E-state index in [1.165, 1.54) is 0 Å². The van der Waals surface area contributed by atoms with Crippen molar-refractivity contribution in [2.24, 2.45) is 0 Å². The van der Waals surface area contributed by atoms with Gasteiger partial charge >= 0.3 is 23.9 Å². The van der Waals surface area contributed by atoms with Gasteiger partial charge in [0.2, 0.25) is 11.8 Å². The molecule has 0 aromatic rings. The molecule has 0 unspecified atom stereocenters. The molecule has 2 aliphatic heterocycles. The molecule has 0 spiro atoms. The highest BCUT2D eigenvalue weighted by Crippen LogP contribution is 2.17. The fourth-order valence-electron chi connectivity index (χ4n) is 4.56. The lowest BCUT2D eigenvalue weighted by molar-refractivity contribution is -0.197. The van der Waals surface area contributed by atoms with Crippen LogP contribution in [-0.4, -0.2) is 119 Å². The van der Waals surface area contributed by atoms with Gasteiger partial charge in [-0.3, -0.25) is 28.8 Å². The summed E-state index contributed by atoms with van der Waals surface area (Å²) in [6, 6.07) is -2.47. The Balaban J connectivity index is 1.73. The van der Waals surface area contributed by atoms with Crippen molar-refractivity contribution in [1.82, 2.24) is 20.8 Å². The van der Waals surface area contributed by atoms with Gasteiger partial charge in [-0.15, -0.1) is 10.1 Å². The molecule has 2 rings (SSSR count). The van der Waals surface area contributed by atoms with Crippen molar-refractivity contribution in [3.8, 4) is 0 Å². The number of carbonyl (C=O) groups excluding carboxylic acids is 10. The average Bonchev–Trinajstić information content (AvgIpc) is 3.54. The minimum absolute atomic E-state index is 0.0366. The van der Waals surface area contributed by atoms with Gasteiger partial charge in [0.05, 0.1) is 39.3 Å². The second kappa shape index (κ2) is 21.0. The van der Waals surface area contributed by atoms with Crippen molar-refractivity contribution in [1.29, 1.82) is 0 Å². The van der Waals surface area contributed by atoms with E-state index >= 15 is 0 Å². The lowest BCUT2D eigenvalue weighted by Crippen LogP contribution is -2.45. The Morgan fingerprint density at radius 3 is 1.15 bits per heavy atom. The molecule has 2 saturated heterocycles. The van der Waals surface area contributed by atoms with Crippen molar-refractivity contribution in [2.45, 2.75) is 129 Å². The molecule has 0 bridgehead atoms. The molecule has 0 saturated carbocycles. The standard InChI is InChI=1S/C34H50N4O16/c1-33(2,3)51-31(47)21(7-13-29(45)53-37-25(41)9-10-26(37)42)35-23(39)15-17-49-19-20-50-18-16-24(40)36-22(32(48)52-34(4,5)6)8-14-30(46)54-38-27(43)11-12-28(38)44/h21-22H,7-20H2,1-6H3,(H,35,39)(H,36,40)/t21-,22-/m0/s1. The highest BCUT2D eigenvalue weighted by atomic mass is 16.7. The zero-order valence-corrected chi connectivity index (χ0v) is 31.5. The molecule has 2 fully saturated rings. The topological polar surface area (TPSA) is 257 Å². The fraction of sp³-hybridized carbons (Fsp3) is 0.706. The number of rotatable bonds is 21. The molecule has 20 heteroatoms. The van der Waals surface area contributed by atoms with E-state index < -0.39 is 95.4 Å². The van der Waals surface area contributed by atoms with Crippen LogP contribution in [0.2, 0.25) is 0 Å². The van der Waals surface area contributed by atoms with Crippen LogP contribution >= 0.6 is 0 Å². The summed E-state index contributed by atoms with van der Waals surface area (Å²) >= 11 is 0. The second-order valence-corrected chi connectivity index (χ2v) is 14.2. The van der Waals surface area contributed by atoms with Crippen molar-refractivity contribution in [3.05, 3.63) is 0 Å². The third-order valence-electron chi connectivity index (χ3n) is 7.04. The summed E-state index contributed by atoms with van der Waals surface area (Å²) in [5.74, 6) is -7.29. The van der Waals surface area contributed by atoms with Gasteiger partial charge in [0.1, 0.15) is 23.3 Å². The van der Waals surface area contributed by atoms with Crippen LogP contribution in [0.4, 0.5) is 0 Å². The highest BCUT2D eigenvalue weighted by Gasteiger charge is 2.35. The van der Waals surface area contributed by atoms with Gasteiger partial charge in [-0.1, -0.05) is 0 Å². The SMILES string of the molecule is CC(C)(C)OC(=O)[C@H](CCC(=O)ON1C(=O)CCC1=O)NC(=O)CCOCCOCCC(=O)N[C@@H](CCC(=O)ON1C(=O)CCC1=O)C(=O)OC(C)(C)C. The lowest BCUT2D eigenvalue weighted by Gasteiger charge is -2.24. The van der Waals surface area contributed by atoms with E-state index in [9.17, 15) is 47.9 Å². The maximum Gasteiger partial charge on any atom is 0.333 e. The Labute approximate surface area is 312 Å². The van der Waals surface area contributed by atoms with Crippen LogP contribution in [0.3, 0.4) is 0 Å². The van der Waals surface area contributed by atoms with Crippen LogP contribution in [0.1, 0.15) is 106 Å². The number of carbonyl (C=O) groups is 10. The Hall–Kier alpha value is -4.98. The number of ether oxygens (including phenoxy) is 4. The molecule has 20 nitrogen and oxygen atoms in total. The van der Waals surface area contributed by atoms with Crippen LogP contribution < -0.4 is 10.6 Å². The zero-order chi connectivity index (χ0) is 40.6. The number of esters is 2. The largest absolute Gasteiger partial charge is 0.458 e. The Morgan fingerprint density at radius 1 is 0.537 bits per heavy atom. The number of nitrogens with one attached hydrogen (secondary N) is 2. The zero-order valence-electron chi connectivity index (χ0n) is 31.5. The van der Waals surface area contributed by atoms with Crippen molar-refractivity contribution >= 4 is 59.3 Å². The molecule has 6 amide bonds. The first-order valence-electron chi connectivity index (χ1n) is 17.5. The third kappa shape index (κ3) is 17.2. The Bertz CT molecular complexity index is 1300. The van der Waals surface area contributed by atoms with E-state index in [2.05, 4.69) is 10.6 Å². The first-order chi connectivity index (χ1) is 25.1. The van der Waals surface area contributed by atoms with E-state index in [1.807, 2.05) is 0 Å². The summed E-state index contributed by atoms with van der Waals surface area (Å²) in [4.78, 5) is 131. The monoisotopic (exact) mass is 770 g/mol. The van der Waals surface area contributed by atoms with Gasteiger partial charge in [-0.2, -0.15) is 0 Å². The molecule has 54 heavy (non-hydrogen) atoms. The van der Waals surface area contributed by atoms with E-state index in [-0.39, 0.29) is 77.8 Å². The van der Waals surface area contributed by atoms with E-state index in [0.29, 0.717) is 10.1 Å².